The number of anilines is 1. The molecule has 0 aliphatic heterocycles. The largest absolute Gasteiger partial charge is 0.389 e. The lowest BCUT2D eigenvalue weighted by molar-refractivity contribution is -0.118. The van der Waals surface area contributed by atoms with E-state index in [1.54, 1.807) is 7.05 Å². The third kappa shape index (κ3) is 3.39. The van der Waals surface area contributed by atoms with Gasteiger partial charge in [0.25, 0.3) is 0 Å². The summed E-state index contributed by atoms with van der Waals surface area (Å²) in [7, 11) is 1.58. The molecule has 0 saturated carbocycles. The lowest BCUT2D eigenvalue weighted by atomic mass is 10.1. The molecule has 17 heavy (non-hydrogen) atoms. The highest BCUT2D eigenvalue weighted by atomic mass is 32.1. The molecule has 0 radical (unpaired) electrons. The topological polar surface area (TPSA) is 80.0 Å². The van der Waals surface area contributed by atoms with Crippen LogP contribution in [0.3, 0.4) is 0 Å². The number of carbonyl (C=O) groups excluding carboxylic acids is 1. The molecule has 5 nitrogen and oxygen atoms in total. The van der Waals surface area contributed by atoms with Gasteiger partial charge in [-0.25, -0.2) is 4.98 Å². The minimum atomic E-state index is -0.125. The maximum absolute atomic E-state index is 11.2. The molecule has 1 heterocycles. The van der Waals surface area contributed by atoms with Gasteiger partial charge in [-0.2, -0.15) is 0 Å². The number of nitrogens with zero attached hydrogens (tertiary/aromatic N) is 1. The van der Waals surface area contributed by atoms with Gasteiger partial charge < -0.3 is 16.4 Å². The zero-order valence-corrected chi connectivity index (χ0v) is 10.9. The predicted octanol–water partition coefficient (Wildman–Crippen LogP) is 0.491. The molecule has 4 N–H and O–H groups in total. The molecule has 0 aliphatic carbocycles. The second-order valence-electron chi connectivity index (χ2n) is 3.70. The quantitative estimate of drug-likeness (QED) is 0.680. The van der Waals surface area contributed by atoms with Crippen molar-refractivity contribution in [1.82, 2.24) is 10.3 Å². The van der Waals surface area contributed by atoms with Crippen LogP contribution < -0.4 is 16.4 Å². The summed E-state index contributed by atoms with van der Waals surface area (Å²) in [4.78, 5) is 15.7. The first-order valence-electron chi connectivity index (χ1n) is 5.18. The summed E-state index contributed by atoms with van der Waals surface area (Å²) in [5.74, 6) is 0.429. The van der Waals surface area contributed by atoms with Crippen LogP contribution in [0.4, 0.5) is 5.82 Å². The molecule has 1 aromatic rings. The van der Waals surface area contributed by atoms with E-state index in [1.807, 2.05) is 19.9 Å². The Labute approximate surface area is 106 Å². The standard InChI is InChI=1S/C11H16N4OS/c1-6-4-7(2)15-11(9(6)10(12)17)14-5-8(16)13-3/h4H,5H2,1-3H3,(H2,12,17)(H,13,16)(H,14,15). The third-order valence-electron chi connectivity index (χ3n) is 2.29. The fourth-order valence-electron chi connectivity index (χ4n) is 1.53. The SMILES string of the molecule is CNC(=O)CNc1nc(C)cc(C)c1C(N)=S. The average molecular weight is 252 g/mol. The fraction of sp³-hybridized carbons (Fsp3) is 0.364. The number of thiocarbonyl (C=S) groups is 1. The Balaban J connectivity index is 3.04. The van der Waals surface area contributed by atoms with Gasteiger partial charge in [-0.1, -0.05) is 12.2 Å². The summed E-state index contributed by atoms with van der Waals surface area (Å²) in [5, 5.41) is 5.46. The Bertz CT molecular complexity index is 459. The van der Waals surface area contributed by atoms with E-state index in [-0.39, 0.29) is 17.4 Å². The minimum Gasteiger partial charge on any atom is -0.389 e. The van der Waals surface area contributed by atoms with E-state index >= 15 is 0 Å². The first-order chi connectivity index (χ1) is 7.95. The number of nitrogens with two attached hydrogens (primary N) is 1. The average Bonchev–Trinajstić information content (AvgIpc) is 2.24. The van der Waals surface area contributed by atoms with Crippen LogP contribution in [0, 0.1) is 13.8 Å². The molecule has 1 aromatic heterocycles. The van der Waals surface area contributed by atoms with Crippen molar-refractivity contribution < 1.29 is 4.79 Å². The van der Waals surface area contributed by atoms with Gasteiger partial charge in [0.05, 0.1) is 12.1 Å². The van der Waals surface area contributed by atoms with Crippen molar-refractivity contribution in [2.24, 2.45) is 5.73 Å². The Morgan fingerprint density at radius 2 is 2.18 bits per heavy atom. The predicted molar refractivity (Wildman–Crippen MR) is 72.2 cm³/mol. The molecule has 1 amide bonds. The molecule has 0 unspecified atom stereocenters. The Kier molecular flexibility index (Phi) is 4.39. The van der Waals surface area contributed by atoms with Crippen LogP contribution in [0.1, 0.15) is 16.8 Å². The molecule has 0 spiro atoms. The number of hydrogen-bond acceptors (Lipinski definition) is 4. The highest BCUT2D eigenvalue weighted by Crippen LogP contribution is 2.18. The van der Waals surface area contributed by atoms with Gasteiger partial charge in [0, 0.05) is 12.7 Å². The summed E-state index contributed by atoms with van der Waals surface area (Å²) in [5.41, 5.74) is 8.14. The highest BCUT2D eigenvalue weighted by molar-refractivity contribution is 7.80. The molecule has 0 aromatic carbocycles. The number of hydrogen-bond donors (Lipinski definition) is 3. The molecule has 0 aliphatic rings. The van der Waals surface area contributed by atoms with Crippen LogP contribution in [-0.4, -0.2) is 29.5 Å². The molecular formula is C11H16N4OS. The monoisotopic (exact) mass is 252 g/mol. The lowest BCUT2D eigenvalue weighted by Gasteiger charge is -2.13. The number of nitrogens with one attached hydrogen (secondary N) is 2. The van der Waals surface area contributed by atoms with Crippen molar-refractivity contribution in [2.45, 2.75) is 13.8 Å². The van der Waals surface area contributed by atoms with E-state index in [0.29, 0.717) is 11.4 Å². The van der Waals surface area contributed by atoms with Crippen molar-refractivity contribution in [2.75, 3.05) is 18.9 Å². The van der Waals surface area contributed by atoms with E-state index in [9.17, 15) is 4.79 Å². The van der Waals surface area contributed by atoms with Crippen LogP contribution in [0.5, 0.6) is 0 Å². The van der Waals surface area contributed by atoms with Crippen LogP contribution >= 0.6 is 12.2 Å². The molecule has 92 valence electrons. The van der Waals surface area contributed by atoms with Gasteiger partial charge in [0.2, 0.25) is 5.91 Å². The summed E-state index contributed by atoms with van der Waals surface area (Å²) in [6.07, 6.45) is 0. The Hall–Kier alpha value is -1.69. The molecule has 0 atom stereocenters. The van der Waals surface area contributed by atoms with Crippen molar-refractivity contribution in [3.8, 4) is 0 Å². The Morgan fingerprint density at radius 1 is 1.53 bits per heavy atom. The highest BCUT2D eigenvalue weighted by Gasteiger charge is 2.11. The lowest BCUT2D eigenvalue weighted by Crippen LogP contribution is -2.27. The van der Waals surface area contributed by atoms with Crippen LogP contribution in [-0.2, 0) is 4.79 Å². The van der Waals surface area contributed by atoms with Gasteiger partial charge >= 0.3 is 0 Å². The van der Waals surface area contributed by atoms with Crippen LogP contribution in [0.2, 0.25) is 0 Å². The van der Waals surface area contributed by atoms with E-state index < -0.39 is 0 Å². The zero-order chi connectivity index (χ0) is 13.0. The first-order valence-corrected chi connectivity index (χ1v) is 5.59. The molecule has 0 saturated heterocycles. The summed E-state index contributed by atoms with van der Waals surface area (Å²) >= 11 is 4.99. The van der Waals surface area contributed by atoms with E-state index in [2.05, 4.69) is 15.6 Å². The van der Waals surface area contributed by atoms with Crippen molar-refractivity contribution in [3.63, 3.8) is 0 Å². The second-order valence-corrected chi connectivity index (χ2v) is 4.13. The number of aryl methyl sites for hydroxylation is 2. The number of carbonyl (C=O) groups is 1. The van der Waals surface area contributed by atoms with E-state index in [4.69, 9.17) is 18.0 Å². The number of likely N-dealkylation sites (N-methyl/N-ethyl adjacent to an activating group) is 1. The fourth-order valence-corrected chi connectivity index (χ4v) is 1.79. The summed E-state index contributed by atoms with van der Waals surface area (Å²) in [6, 6.07) is 1.90. The van der Waals surface area contributed by atoms with Crippen molar-refractivity contribution in [1.29, 1.82) is 0 Å². The van der Waals surface area contributed by atoms with Gasteiger partial charge in [-0.3, -0.25) is 4.79 Å². The summed E-state index contributed by atoms with van der Waals surface area (Å²) in [6.45, 7) is 3.93. The smallest absolute Gasteiger partial charge is 0.239 e. The second kappa shape index (κ2) is 5.58. The van der Waals surface area contributed by atoms with Crippen LogP contribution in [0.15, 0.2) is 6.07 Å². The van der Waals surface area contributed by atoms with Crippen molar-refractivity contribution >= 4 is 28.9 Å². The van der Waals surface area contributed by atoms with Gasteiger partial charge in [0.15, 0.2) is 0 Å². The number of amides is 1. The van der Waals surface area contributed by atoms with Gasteiger partial charge in [-0.15, -0.1) is 0 Å². The molecule has 6 heteroatoms. The van der Waals surface area contributed by atoms with Gasteiger partial charge in [-0.05, 0) is 25.5 Å². The van der Waals surface area contributed by atoms with E-state index in [0.717, 1.165) is 11.3 Å². The third-order valence-corrected chi connectivity index (χ3v) is 2.49. The number of pyridine rings is 1. The number of aromatic nitrogens is 1. The molecule has 0 fully saturated rings. The maximum atomic E-state index is 11.2. The molecule has 1 rings (SSSR count). The summed E-state index contributed by atoms with van der Waals surface area (Å²) < 4.78 is 0. The molecular weight excluding hydrogens is 236 g/mol. The van der Waals surface area contributed by atoms with Crippen LogP contribution in [0.25, 0.3) is 0 Å². The van der Waals surface area contributed by atoms with E-state index in [1.165, 1.54) is 0 Å². The zero-order valence-electron chi connectivity index (χ0n) is 10.1. The minimum absolute atomic E-state index is 0.125. The Morgan fingerprint density at radius 3 is 2.71 bits per heavy atom. The number of rotatable bonds is 4. The van der Waals surface area contributed by atoms with Crippen molar-refractivity contribution in [3.05, 3.63) is 22.9 Å². The first kappa shape index (κ1) is 13.4. The maximum Gasteiger partial charge on any atom is 0.239 e. The normalized spacial score (nSPS) is 9.82. The van der Waals surface area contributed by atoms with Gasteiger partial charge in [0.1, 0.15) is 10.8 Å². The molecule has 0 bridgehead atoms.